The molecule has 145 valence electrons. The molecule has 1 fully saturated rings. The van der Waals surface area contributed by atoms with Gasteiger partial charge in [0, 0.05) is 19.6 Å². The number of hydrogen-bond acceptors (Lipinski definition) is 5. The highest BCUT2D eigenvalue weighted by molar-refractivity contribution is 5.84. The van der Waals surface area contributed by atoms with Crippen molar-refractivity contribution in [2.75, 3.05) is 18.8 Å². The largest absolute Gasteiger partial charge is 0.383 e. The second-order valence-electron chi connectivity index (χ2n) is 7.57. The van der Waals surface area contributed by atoms with Crippen LogP contribution in [0.15, 0.2) is 61.1 Å². The fraction of sp³-hybridized carbons (Fsp3) is 0.261. The zero-order valence-corrected chi connectivity index (χ0v) is 16.2. The van der Waals surface area contributed by atoms with E-state index in [1.54, 1.807) is 6.20 Å². The third-order valence-corrected chi connectivity index (χ3v) is 5.71. The summed E-state index contributed by atoms with van der Waals surface area (Å²) in [5, 5.41) is 5.38. The van der Waals surface area contributed by atoms with Gasteiger partial charge in [0.1, 0.15) is 12.1 Å². The summed E-state index contributed by atoms with van der Waals surface area (Å²) >= 11 is 0. The molecule has 0 saturated carbocycles. The van der Waals surface area contributed by atoms with E-state index in [1.807, 2.05) is 22.9 Å². The van der Waals surface area contributed by atoms with Gasteiger partial charge >= 0.3 is 0 Å². The molecule has 5 rings (SSSR count). The Kier molecular flexibility index (Phi) is 4.69. The third kappa shape index (κ3) is 3.59. The van der Waals surface area contributed by atoms with Gasteiger partial charge in [-0.3, -0.25) is 4.90 Å². The van der Waals surface area contributed by atoms with E-state index in [-0.39, 0.29) is 0 Å². The lowest BCUT2D eigenvalue weighted by molar-refractivity contribution is 0.175. The average Bonchev–Trinajstić information content (AvgIpc) is 3.21. The first kappa shape index (κ1) is 17.8. The van der Waals surface area contributed by atoms with Gasteiger partial charge in [-0.15, -0.1) is 0 Å². The van der Waals surface area contributed by atoms with E-state index in [1.165, 1.54) is 17.5 Å². The molecule has 0 amide bonds. The number of rotatable bonds is 4. The van der Waals surface area contributed by atoms with E-state index in [2.05, 4.69) is 56.4 Å². The summed E-state index contributed by atoms with van der Waals surface area (Å²) in [6.07, 6.45) is 5.40. The van der Waals surface area contributed by atoms with Gasteiger partial charge in [-0.25, -0.2) is 14.6 Å². The van der Waals surface area contributed by atoms with E-state index in [0.29, 0.717) is 11.9 Å². The van der Waals surface area contributed by atoms with Crippen molar-refractivity contribution < 1.29 is 0 Å². The van der Waals surface area contributed by atoms with Crippen molar-refractivity contribution in [2.24, 2.45) is 0 Å². The predicted molar refractivity (Wildman–Crippen MR) is 114 cm³/mol. The standard InChI is InChI=1S/C23H23N6/c24-22-21-14-27-29(23(21)26-16-25-22)20-10-12-28(13-11-20)15-17-6-8-19(9-7-17)18-4-2-1-3-5-18/h1-4,6-9,14,16,20H,10-13,15H2,(H2,24,25,26). The molecule has 0 aliphatic carbocycles. The summed E-state index contributed by atoms with van der Waals surface area (Å²) in [7, 11) is 0. The Bertz CT molecular complexity index is 1100. The van der Waals surface area contributed by atoms with Crippen LogP contribution >= 0.6 is 0 Å². The molecule has 1 aliphatic rings. The smallest absolute Gasteiger partial charge is 0.163 e. The molecule has 0 bridgehead atoms. The van der Waals surface area contributed by atoms with Crippen LogP contribution in [0.3, 0.4) is 0 Å². The molecule has 29 heavy (non-hydrogen) atoms. The predicted octanol–water partition coefficient (Wildman–Crippen LogP) is 3.71. The van der Waals surface area contributed by atoms with Crippen LogP contribution in [0.5, 0.6) is 0 Å². The third-order valence-electron chi connectivity index (χ3n) is 5.71. The normalized spacial score (nSPS) is 15.7. The van der Waals surface area contributed by atoms with Crippen molar-refractivity contribution in [3.8, 4) is 11.1 Å². The Morgan fingerprint density at radius 2 is 1.86 bits per heavy atom. The molecule has 3 heterocycles. The van der Waals surface area contributed by atoms with Crippen molar-refractivity contribution in [2.45, 2.75) is 25.4 Å². The molecular formula is C23H23N6. The number of anilines is 1. The summed E-state index contributed by atoms with van der Waals surface area (Å²) in [6, 6.07) is 20.6. The number of aromatic nitrogens is 4. The summed E-state index contributed by atoms with van der Waals surface area (Å²) in [6.45, 7) is 3.06. The maximum Gasteiger partial charge on any atom is 0.163 e. The molecule has 2 N–H and O–H groups in total. The summed E-state index contributed by atoms with van der Waals surface area (Å²) < 4.78 is 2.02. The first-order valence-corrected chi connectivity index (χ1v) is 10.00. The molecule has 1 aliphatic heterocycles. The lowest BCUT2D eigenvalue weighted by atomic mass is 10.0. The zero-order valence-electron chi connectivity index (χ0n) is 16.2. The van der Waals surface area contributed by atoms with Crippen molar-refractivity contribution in [1.29, 1.82) is 0 Å². The minimum Gasteiger partial charge on any atom is -0.383 e. The maximum atomic E-state index is 5.94. The Morgan fingerprint density at radius 3 is 2.62 bits per heavy atom. The van der Waals surface area contributed by atoms with Crippen LogP contribution in [0.25, 0.3) is 22.2 Å². The Labute approximate surface area is 170 Å². The number of fused-ring (bicyclic) bond motifs is 1. The second-order valence-corrected chi connectivity index (χ2v) is 7.57. The number of piperidine rings is 1. The second kappa shape index (κ2) is 7.64. The minimum atomic E-state index is 0.356. The Morgan fingerprint density at radius 1 is 1.03 bits per heavy atom. The van der Waals surface area contributed by atoms with Crippen LogP contribution in [0.1, 0.15) is 24.4 Å². The first-order valence-electron chi connectivity index (χ1n) is 10.00. The van der Waals surface area contributed by atoms with Gasteiger partial charge in [0.15, 0.2) is 5.65 Å². The lowest BCUT2D eigenvalue weighted by Gasteiger charge is -2.32. The Balaban J connectivity index is 1.22. The Hall–Kier alpha value is -3.25. The number of nitrogens with two attached hydrogens (primary N) is 1. The van der Waals surface area contributed by atoms with Crippen LogP contribution in [0.4, 0.5) is 5.82 Å². The summed E-state index contributed by atoms with van der Waals surface area (Å²) in [5.74, 6) is 0.496. The van der Waals surface area contributed by atoms with Crippen molar-refractivity contribution in [1.82, 2.24) is 24.6 Å². The van der Waals surface area contributed by atoms with Gasteiger partial charge in [-0.1, -0.05) is 48.5 Å². The molecule has 0 unspecified atom stereocenters. The number of likely N-dealkylation sites (tertiary alicyclic amines) is 1. The lowest BCUT2D eigenvalue weighted by Crippen LogP contribution is -2.34. The van der Waals surface area contributed by atoms with Crippen LogP contribution < -0.4 is 5.73 Å². The number of benzene rings is 2. The van der Waals surface area contributed by atoms with Gasteiger partial charge in [-0.2, -0.15) is 5.10 Å². The minimum absolute atomic E-state index is 0.356. The summed E-state index contributed by atoms with van der Waals surface area (Å²) in [4.78, 5) is 11.0. The van der Waals surface area contributed by atoms with Gasteiger partial charge in [-0.05, 0) is 35.6 Å². The van der Waals surface area contributed by atoms with Crippen LogP contribution in [-0.2, 0) is 6.54 Å². The highest BCUT2D eigenvalue weighted by atomic mass is 15.3. The zero-order chi connectivity index (χ0) is 19.6. The van der Waals surface area contributed by atoms with Crippen molar-refractivity contribution >= 4 is 16.9 Å². The van der Waals surface area contributed by atoms with Crippen LogP contribution in [0.2, 0.25) is 0 Å². The molecule has 1 radical (unpaired) electrons. The SMILES string of the molecule is Nc1ncnc2c1cnn2C1CCN(Cc2ccc(-c3[c]cccc3)cc2)CC1. The quantitative estimate of drug-likeness (QED) is 0.582. The van der Waals surface area contributed by atoms with E-state index < -0.39 is 0 Å². The molecule has 0 spiro atoms. The maximum absolute atomic E-state index is 5.94. The van der Waals surface area contributed by atoms with Gasteiger partial charge in [0.2, 0.25) is 0 Å². The van der Waals surface area contributed by atoms with Crippen molar-refractivity contribution in [3.05, 3.63) is 72.7 Å². The van der Waals surface area contributed by atoms with E-state index in [9.17, 15) is 0 Å². The van der Waals surface area contributed by atoms with E-state index in [4.69, 9.17) is 5.73 Å². The number of hydrogen-bond donors (Lipinski definition) is 1. The number of nitrogens with zero attached hydrogens (tertiary/aromatic N) is 5. The van der Waals surface area contributed by atoms with E-state index >= 15 is 0 Å². The molecule has 6 heteroatoms. The van der Waals surface area contributed by atoms with Crippen LogP contribution in [0, 0.1) is 6.07 Å². The van der Waals surface area contributed by atoms with Crippen LogP contribution in [-0.4, -0.2) is 37.7 Å². The molecular weight excluding hydrogens is 360 g/mol. The topological polar surface area (TPSA) is 72.9 Å². The highest BCUT2D eigenvalue weighted by Gasteiger charge is 2.23. The molecule has 2 aromatic carbocycles. The number of nitrogen functional groups attached to an aromatic ring is 1. The molecule has 1 saturated heterocycles. The average molecular weight is 383 g/mol. The first-order chi connectivity index (χ1) is 14.3. The molecule has 4 aromatic rings. The van der Waals surface area contributed by atoms with Crippen molar-refractivity contribution in [3.63, 3.8) is 0 Å². The van der Waals surface area contributed by atoms with E-state index in [0.717, 1.165) is 49.1 Å². The van der Waals surface area contributed by atoms with Gasteiger partial charge in [0.05, 0.1) is 17.6 Å². The monoisotopic (exact) mass is 383 g/mol. The fourth-order valence-corrected chi connectivity index (χ4v) is 4.09. The molecule has 0 atom stereocenters. The van der Waals surface area contributed by atoms with Gasteiger partial charge in [0.25, 0.3) is 0 Å². The van der Waals surface area contributed by atoms with Gasteiger partial charge < -0.3 is 5.73 Å². The highest BCUT2D eigenvalue weighted by Crippen LogP contribution is 2.27. The summed E-state index contributed by atoms with van der Waals surface area (Å²) in [5.41, 5.74) is 10.5. The molecule has 6 nitrogen and oxygen atoms in total. The fourth-order valence-electron chi connectivity index (χ4n) is 4.09. The molecule has 2 aromatic heterocycles.